The van der Waals surface area contributed by atoms with Crippen LogP contribution in [-0.2, 0) is 6.42 Å². The third-order valence-corrected chi connectivity index (χ3v) is 3.76. The molecular weight excluding hydrogens is 331 g/mol. The third-order valence-electron chi connectivity index (χ3n) is 2.92. The van der Waals surface area contributed by atoms with Crippen molar-refractivity contribution in [3.63, 3.8) is 0 Å². The smallest absolute Gasteiger partial charge is 0.141 e. The van der Waals surface area contributed by atoms with Gasteiger partial charge < -0.3 is 5.32 Å². The van der Waals surface area contributed by atoms with E-state index in [-0.39, 0.29) is 11.9 Å². The zero-order valence-corrected chi connectivity index (χ0v) is 12.7. The summed E-state index contributed by atoms with van der Waals surface area (Å²) < 4.78 is 14.2. The average molecular weight is 344 g/mol. The lowest BCUT2D eigenvalue weighted by atomic mass is 10.0. The Morgan fingerprint density at radius 1 is 1.37 bits per heavy atom. The van der Waals surface area contributed by atoms with Gasteiger partial charge in [-0.15, -0.1) is 0 Å². The van der Waals surface area contributed by atoms with E-state index in [4.69, 9.17) is 11.6 Å². The minimum Gasteiger partial charge on any atom is -0.313 e. The van der Waals surface area contributed by atoms with Crippen LogP contribution in [0.5, 0.6) is 0 Å². The summed E-state index contributed by atoms with van der Waals surface area (Å²) in [4.78, 5) is 3.88. The fourth-order valence-corrected chi connectivity index (χ4v) is 2.66. The van der Waals surface area contributed by atoms with Gasteiger partial charge in [-0.05, 0) is 42.8 Å². The van der Waals surface area contributed by atoms with Gasteiger partial charge in [-0.25, -0.2) is 4.39 Å². The number of aromatic nitrogens is 1. The van der Waals surface area contributed by atoms with Crippen LogP contribution in [0.3, 0.4) is 0 Å². The Bertz CT molecular complexity index is 577. The molecule has 19 heavy (non-hydrogen) atoms. The number of hydrogen-bond acceptors (Lipinski definition) is 2. The van der Waals surface area contributed by atoms with Gasteiger partial charge in [0.2, 0.25) is 0 Å². The summed E-state index contributed by atoms with van der Waals surface area (Å²) in [5.74, 6) is -0.334. The quantitative estimate of drug-likeness (QED) is 0.902. The summed E-state index contributed by atoms with van der Waals surface area (Å²) in [6, 6.07) is 7.22. The lowest BCUT2D eigenvalue weighted by Gasteiger charge is -2.17. The summed E-state index contributed by atoms with van der Waals surface area (Å²) in [7, 11) is 1.84. The molecule has 1 heterocycles. The van der Waals surface area contributed by atoms with Crippen molar-refractivity contribution in [1.29, 1.82) is 0 Å². The van der Waals surface area contributed by atoms with Crippen molar-refractivity contribution in [3.8, 4) is 0 Å². The number of nitrogens with zero attached hydrogens (tertiary/aromatic N) is 1. The van der Waals surface area contributed by atoms with Crippen LogP contribution in [0.1, 0.15) is 17.2 Å². The van der Waals surface area contributed by atoms with Crippen LogP contribution in [0.2, 0.25) is 5.02 Å². The summed E-state index contributed by atoms with van der Waals surface area (Å²) in [5.41, 5.74) is 1.81. The molecular formula is C14H13BrClFN2. The van der Waals surface area contributed by atoms with Crippen molar-refractivity contribution >= 4 is 27.5 Å². The second-order valence-electron chi connectivity index (χ2n) is 4.22. The zero-order chi connectivity index (χ0) is 13.8. The second kappa shape index (κ2) is 6.46. The van der Waals surface area contributed by atoms with Gasteiger partial charge in [0.25, 0.3) is 0 Å². The van der Waals surface area contributed by atoms with Gasteiger partial charge in [0.1, 0.15) is 5.82 Å². The molecule has 1 unspecified atom stereocenters. The van der Waals surface area contributed by atoms with Gasteiger partial charge in [0.05, 0.1) is 6.20 Å². The predicted octanol–water partition coefficient (Wildman–Crippen LogP) is 4.14. The first-order valence-corrected chi connectivity index (χ1v) is 6.99. The largest absolute Gasteiger partial charge is 0.313 e. The van der Waals surface area contributed by atoms with Crippen LogP contribution >= 0.6 is 27.5 Å². The van der Waals surface area contributed by atoms with E-state index < -0.39 is 0 Å². The van der Waals surface area contributed by atoms with E-state index in [1.807, 2.05) is 25.2 Å². The highest BCUT2D eigenvalue weighted by Gasteiger charge is 2.13. The Labute approximate surface area is 125 Å². The second-order valence-corrected chi connectivity index (χ2v) is 5.54. The molecule has 0 aliphatic rings. The number of likely N-dealkylation sites (N-methyl/N-ethyl adjacent to an activating group) is 1. The van der Waals surface area contributed by atoms with Crippen LogP contribution in [-0.4, -0.2) is 12.0 Å². The van der Waals surface area contributed by atoms with Gasteiger partial charge >= 0.3 is 0 Å². The van der Waals surface area contributed by atoms with E-state index in [9.17, 15) is 4.39 Å². The van der Waals surface area contributed by atoms with Crippen molar-refractivity contribution in [3.05, 3.63) is 63.1 Å². The van der Waals surface area contributed by atoms with Gasteiger partial charge in [0.15, 0.2) is 0 Å². The zero-order valence-electron chi connectivity index (χ0n) is 10.3. The van der Waals surface area contributed by atoms with E-state index in [0.29, 0.717) is 11.4 Å². The van der Waals surface area contributed by atoms with E-state index in [1.54, 1.807) is 6.20 Å². The molecule has 0 saturated carbocycles. The molecule has 2 rings (SSSR count). The molecule has 0 aliphatic carbocycles. The molecule has 0 amide bonds. The highest BCUT2D eigenvalue weighted by molar-refractivity contribution is 9.10. The Morgan fingerprint density at radius 2 is 2.16 bits per heavy atom. The molecule has 0 aliphatic heterocycles. The standard InChI is InChI=1S/C14H13BrClFN2/c1-18-14(10-4-12(17)8-19-7-10)5-9-2-3-11(15)6-13(9)16/h2-4,6-8,14,18H,5H2,1H3. The Hall–Kier alpha value is -0.970. The topological polar surface area (TPSA) is 24.9 Å². The van der Waals surface area contributed by atoms with Crippen molar-refractivity contribution in [1.82, 2.24) is 10.3 Å². The lowest BCUT2D eigenvalue weighted by molar-refractivity contribution is 0.572. The minimum atomic E-state index is -0.334. The van der Waals surface area contributed by atoms with E-state index in [0.717, 1.165) is 15.6 Å². The molecule has 1 aromatic heterocycles. The maximum Gasteiger partial charge on any atom is 0.141 e. The van der Waals surface area contributed by atoms with E-state index in [1.165, 1.54) is 12.3 Å². The number of halogens is 3. The normalized spacial score (nSPS) is 12.4. The monoisotopic (exact) mass is 342 g/mol. The van der Waals surface area contributed by atoms with Gasteiger partial charge in [-0.3, -0.25) is 4.98 Å². The lowest BCUT2D eigenvalue weighted by Crippen LogP contribution is -2.19. The van der Waals surface area contributed by atoms with Crippen molar-refractivity contribution in [2.45, 2.75) is 12.5 Å². The fourth-order valence-electron chi connectivity index (χ4n) is 1.91. The number of hydrogen-bond donors (Lipinski definition) is 1. The third kappa shape index (κ3) is 3.75. The van der Waals surface area contributed by atoms with Gasteiger partial charge in [0, 0.05) is 21.7 Å². The summed E-state index contributed by atoms with van der Waals surface area (Å²) >= 11 is 9.58. The van der Waals surface area contributed by atoms with Crippen molar-refractivity contribution in [2.75, 3.05) is 7.05 Å². The molecule has 1 N–H and O–H groups in total. The van der Waals surface area contributed by atoms with Crippen LogP contribution < -0.4 is 5.32 Å². The first-order valence-electron chi connectivity index (χ1n) is 5.82. The molecule has 100 valence electrons. The average Bonchev–Trinajstić information content (AvgIpc) is 2.38. The number of pyridine rings is 1. The molecule has 1 atom stereocenters. The molecule has 5 heteroatoms. The molecule has 2 aromatic rings. The Balaban J connectivity index is 2.24. The fraction of sp³-hybridized carbons (Fsp3) is 0.214. The Morgan fingerprint density at radius 3 is 2.79 bits per heavy atom. The van der Waals surface area contributed by atoms with Gasteiger partial charge in [-0.1, -0.05) is 33.6 Å². The molecule has 0 bridgehead atoms. The van der Waals surface area contributed by atoms with Crippen LogP contribution in [0.25, 0.3) is 0 Å². The first-order chi connectivity index (χ1) is 9.10. The summed E-state index contributed by atoms with van der Waals surface area (Å²) in [6.07, 6.45) is 3.54. The molecule has 2 nitrogen and oxygen atoms in total. The molecule has 0 spiro atoms. The van der Waals surface area contributed by atoms with E-state index >= 15 is 0 Å². The highest BCUT2D eigenvalue weighted by Crippen LogP contribution is 2.26. The van der Waals surface area contributed by atoms with Crippen LogP contribution in [0, 0.1) is 5.82 Å². The minimum absolute atomic E-state index is 0.0260. The number of benzene rings is 1. The molecule has 1 aromatic carbocycles. The summed E-state index contributed by atoms with van der Waals surface area (Å²) in [6.45, 7) is 0. The maximum atomic E-state index is 13.2. The van der Waals surface area contributed by atoms with Crippen molar-refractivity contribution in [2.24, 2.45) is 0 Å². The maximum absolute atomic E-state index is 13.2. The van der Waals surface area contributed by atoms with Crippen LogP contribution in [0.15, 0.2) is 41.1 Å². The van der Waals surface area contributed by atoms with Gasteiger partial charge in [-0.2, -0.15) is 0 Å². The number of rotatable bonds is 4. The molecule has 0 saturated heterocycles. The van der Waals surface area contributed by atoms with Crippen LogP contribution in [0.4, 0.5) is 4.39 Å². The SMILES string of the molecule is CNC(Cc1ccc(Br)cc1Cl)c1cncc(F)c1. The molecule has 0 fully saturated rings. The highest BCUT2D eigenvalue weighted by atomic mass is 79.9. The van der Waals surface area contributed by atoms with Crippen molar-refractivity contribution < 1.29 is 4.39 Å². The predicted molar refractivity (Wildman–Crippen MR) is 78.9 cm³/mol. The summed E-state index contributed by atoms with van der Waals surface area (Å²) in [5, 5.41) is 3.85. The van der Waals surface area contributed by atoms with E-state index in [2.05, 4.69) is 26.2 Å². The number of nitrogens with one attached hydrogen (secondary N) is 1. The Kier molecular flexibility index (Phi) is 4.91. The first kappa shape index (κ1) is 14.4. The molecule has 0 radical (unpaired) electrons.